The van der Waals surface area contributed by atoms with Gasteiger partial charge < -0.3 is 18.9 Å². The second-order valence-electron chi connectivity index (χ2n) is 11.7. The summed E-state index contributed by atoms with van der Waals surface area (Å²) < 4.78 is 24.1. The van der Waals surface area contributed by atoms with E-state index in [2.05, 4.69) is 25.4 Å². The van der Waals surface area contributed by atoms with Gasteiger partial charge in [-0.05, 0) is 68.3 Å². The van der Waals surface area contributed by atoms with E-state index in [1.807, 2.05) is 0 Å². The van der Waals surface area contributed by atoms with Crippen LogP contribution in [-0.2, 0) is 14.2 Å². The molecular formula is C29H41NO5. The molecule has 4 fully saturated rings. The number of ether oxygens (including phenoxy) is 4. The van der Waals surface area contributed by atoms with Crippen LogP contribution in [0.2, 0.25) is 0 Å². The van der Waals surface area contributed by atoms with E-state index in [0.29, 0.717) is 35.7 Å². The molecule has 4 aliphatic rings. The zero-order valence-corrected chi connectivity index (χ0v) is 21.6. The molecular weight excluding hydrogens is 442 g/mol. The number of hydrogen-bond acceptors (Lipinski definition) is 6. The highest BCUT2D eigenvalue weighted by molar-refractivity contribution is 5.91. The Morgan fingerprint density at radius 2 is 2.00 bits per heavy atom. The number of carbonyl (C=O) groups is 1. The summed E-state index contributed by atoms with van der Waals surface area (Å²) in [5, 5.41) is 0. The van der Waals surface area contributed by atoms with Crippen LogP contribution in [0, 0.1) is 28.6 Å². The van der Waals surface area contributed by atoms with Gasteiger partial charge in [-0.1, -0.05) is 38.8 Å². The van der Waals surface area contributed by atoms with E-state index >= 15 is 0 Å². The molecule has 1 aromatic rings. The average molecular weight is 484 g/mol. The van der Waals surface area contributed by atoms with Crippen LogP contribution in [0.3, 0.4) is 0 Å². The maximum Gasteiger partial charge on any atom is 0.343 e. The Bertz CT molecular complexity index is 943. The fourth-order valence-electron chi connectivity index (χ4n) is 7.92. The maximum absolute atomic E-state index is 12.1. The molecule has 3 saturated carbocycles. The number of aromatic nitrogens is 1. The molecule has 3 aliphatic carbocycles. The summed E-state index contributed by atoms with van der Waals surface area (Å²) in [6, 6.07) is 1.73. The van der Waals surface area contributed by atoms with Crippen LogP contribution in [0.5, 0.6) is 5.75 Å². The van der Waals surface area contributed by atoms with E-state index in [1.54, 1.807) is 12.3 Å². The number of nitrogens with zero attached hydrogens (tertiary/aromatic N) is 1. The molecule has 0 aromatic carbocycles. The molecule has 192 valence electrons. The van der Waals surface area contributed by atoms with Crippen molar-refractivity contribution in [1.29, 1.82) is 0 Å². The highest BCUT2D eigenvalue weighted by Gasteiger charge is 2.60. The number of hydrogen-bond donors (Lipinski definition) is 0. The van der Waals surface area contributed by atoms with Gasteiger partial charge in [-0.3, -0.25) is 4.98 Å². The molecule has 6 atom stereocenters. The first-order valence-electron chi connectivity index (χ1n) is 13.5. The van der Waals surface area contributed by atoms with Gasteiger partial charge in [0.05, 0.1) is 26.4 Å². The highest BCUT2D eigenvalue weighted by atomic mass is 16.7. The predicted molar refractivity (Wildman–Crippen MR) is 133 cm³/mol. The average Bonchev–Trinajstić information content (AvgIpc) is 3.40. The summed E-state index contributed by atoms with van der Waals surface area (Å²) in [6.07, 6.45) is 13.8. The smallest absolute Gasteiger partial charge is 0.343 e. The third kappa shape index (κ3) is 4.42. The molecule has 1 unspecified atom stereocenters. The fraction of sp³-hybridized carbons (Fsp3) is 0.724. The lowest BCUT2D eigenvalue weighted by Gasteiger charge is -2.63. The molecule has 5 rings (SSSR count). The molecule has 0 radical (unpaired) electrons. The minimum Gasteiger partial charge on any atom is -0.493 e. The SMILES string of the molecule is C=C1CCC2[C@]3(C)CO[C@@H](C4CCCC4)O[C@@H]3CC[C@@]2(C)[C@@H]1CCOc1ccncc1C(=O)OC. The topological polar surface area (TPSA) is 66.9 Å². The van der Waals surface area contributed by atoms with Gasteiger partial charge in [0.25, 0.3) is 0 Å². The van der Waals surface area contributed by atoms with E-state index in [0.717, 1.165) is 38.7 Å². The van der Waals surface area contributed by atoms with Crippen LogP contribution in [0.4, 0.5) is 0 Å². The first-order chi connectivity index (χ1) is 16.9. The Morgan fingerprint density at radius 1 is 1.20 bits per heavy atom. The number of rotatable bonds is 6. The molecule has 1 aliphatic heterocycles. The van der Waals surface area contributed by atoms with Gasteiger partial charge >= 0.3 is 5.97 Å². The lowest BCUT2D eigenvalue weighted by Crippen LogP contribution is -2.62. The van der Waals surface area contributed by atoms with E-state index in [-0.39, 0.29) is 23.2 Å². The van der Waals surface area contributed by atoms with Gasteiger partial charge in [0.15, 0.2) is 6.29 Å². The second-order valence-corrected chi connectivity index (χ2v) is 11.7. The number of pyridine rings is 1. The molecule has 0 N–H and O–H groups in total. The van der Waals surface area contributed by atoms with Crippen molar-refractivity contribution >= 4 is 5.97 Å². The monoisotopic (exact) mass is 483 g/mol. The van der Waals surface area contributed by atoms with Crippen LogP contribution < -0.4 is 4.74 Å². The van der Waals surface area contributed by atoms with Crippen LogP contribution in [0.25, 0.3) is 0 Å². The van der Waals surface area contributed by atoms with Crippen molar-refractivity contribution in [2.75, 3.05) is 20.3 Å². The Morgan fingerprint density at radius 3 is 2.77 bits per heavy atom. The van der Waals surface area contributed by atoms with Crippen LogP contribution in [-0.4, -0.2) is 43.7 Å². The number of methoxy groups -OCH3 is 1. The zero-order chi connectivity index (χ0) is 24.6. The minimum absolute atomic E-state index is 0.00736. The Labute approximate surface area is 209 Å². The lowest BCUT2D eigenvalue weighted by molar-refractivity contribution is -0.316. The van der Waals surface area contributed by atoms with Gasteiger partial charge in [-0.25, -0.2) is 4.79 Å². The first kappa shape index (κ1) is 24.8. The first-order valence-corrected chi connectivity index (χ1v) is 13.5. The summed E-state index contributed by atoms with van der Waals surface area (Å²) in [6.45, 7) is 10.7. The van der Waals surface area contributed by atoms with Crippen molar-refractivity contribution in [2.45, 2.75) is 84.0 Å². The minimum atomic E-state index is -0.429. The molecule has 1 saturated heterocycles. The zero-order valence-electron chi connectivity index (χ0n) is 21.6. The molecule has 6 heteroatoms. The molecule has 0 amide bonds. The van der Waals surface area contributed by atoms with Gasteiger partial charge in [-0.15, -0.1) is 0 Å². The molecule has 2 heterocycles. The van der Waals surface area contributed by atoms with Crippen LogP contribution in [0.15, 0.2) is 30.6 Å². The largest absolute Gasteiger partial charge is 0.493 e. The third-order valence-electron chi connectivity index (χ3n) is 9.81. The number of fused-ring (bicyclic) bond motifs is 3. The molecule has 6 nitrogen and oxygen atoms in total. The van der Waals surface area contributed by atoms with Crippen molar-refractivity contribution < 1.29 is 23.7 Å². The normalized spacial score (nSPS) is 37.4. The Balaban J connectivity index is 1.28. The van der Waals surface area contributed by atoms with Crippen molar-refractivity contribution in [1.82, 2.24) is 4.98 Å². The van der Waals surface area contributed by atoms with Gasteiger partial charge in [0, 0.05) is 23.7 Å². The quantitative estimate of drug-likeness (QED) is 0.367. The van der Waals surface area contributed by atoms with Crippen LogP contribution in [0.1, 0.15) is 82.0 Å². The van der Waals surface area contributed by atoms with Crippen LogP contribution >= 0.6 is 0 Å². The van der Waals surface area contributed by atoms with Gasteiger partial charge in [-0.2, -0.15) is 0 Å². The van der Waals surface area contributed by atoms with Crippen molar-refractivity contribution in [3.8, 4) is 5.75 Å². The summed E-state index contributed by atoms with van der Waals surface area (Å²) >= 11 is 0. The third-order valence-corrected chi connectivity index (χ3v) is 9.81. The van der Waals surface area contributed by atoms with Gasteiger partial charge in [0.1, 0.15) is 11.3 Å². The number of esters is 1. The van der Waals surface area contributed by atoms with Crippen molar-refractivity contribution in [3.63, 3.8) is 0 Å². The van der Waals surface area contributed by atoms with E-state index < -0.39 is 5.97 Å². The van der Waals surface area contributed by atoms with Gasteiger partial charge in [0.2, 0.25) is 0 Å². The Hall–Kier alpha value is -1.92. The standard InChI is InChI=1S/C29H41NO5/c1-19-9-10-24-28(2,22(19)13-16-33-23-12-15-30-17-21(23)26(31)32-4)14-11-25-29(24,3)18-34-27(35-25)20-7-5-6-8-20/h12,15,17,20,22,24-25,27H,1,5-11,13-14,16,18H2,2-4H3/t22-,24?,25-,27-,28+,29+/m1/s1. The Kier molecular flexibility index (Phi) is 6.97. The van der Waals surface area contributed by atoms with E-state index in [4.69, 9.17) is 18.9 Å². The van der Waals surface area contributed by atoms with Crippen molar-refractivity contribution in [2.24, 2.45) is 28.6 Å². The summed E-state index contributed by atoms with van der Waals surface area (Å²) in [5.41, 5.74) is 1.87. The lowest BCUT2D eigenvalue weighted by atomic mass is 9.46. The van der Waals surface area contributed by atoms with E-state index in [1.165, 1.54) is 44.6 Å². The molecule has 35 heavy (non-hydrogen) atoms. The molecule has 1 aromatic heterocycles. The predicted octanol–water partition coefficient (Wildman–Crippen LogP) is 5.96. The fourth-order valence-corrected chi connectivity index (χ4v) is 7.92. The molecule has 0 spiro atoms. The number of allylic oxidation sites excluding steroid dienone is 1. The highest BCUT2D eigenvalue weighted by Crippen LogP contribution is 2.63. The second kappa shape index (κ2) is 9.85. The summed E-state index contributed by atoms with van der Waals surface area (Å²) in [5.74, 6) is 1.57. The maximum atomic E-state index is 12.1. The van der Waals surface area contributed by atoms with Crippen molar-refractivity contribution in [3.05, 3.63) is 36.2 Å². The molecule has 0 bridgehead atoms. The van der Waals surface area contributed by atoms with E-state index in [9.17, 15) is 4.79 Å². The summed E-state index contributed by atoms with van der Waals surface area (Å²) in [4.78, 5) is 16.1. The number of carbonyl (C=O) groups excluding carboxylic acids is 1. The summed E-state index contributed by atoms with van der Waals surface area (Å²) in [7, 11) is 1.37.